The van der Waals surface area contributed by atoms with Crippen LogP contribution in [0.1, 0.15) is 10.4 Å². The normalized spacial score (nSPS) is 11.2. The lowest BCUT2D eigenvalue weighted by atomic mass is 10.2. The van der Waals surface area contributed by atoms with Gasteiger partial charge in [-0.3, -0.25) is 4.55 Å². The summed E-state index contributed by atoms with van der Waals surface area (Å²) in [5.41, 5.74) is 6.36. The van der Waals surface area contributed by atoms with Gasteiger partial charge in [0.25, 0.3) is 10.1 Å². The van der Waals surface area contributed by atoms with E-state index in [4.69, 9.17) is 15.4 Å². The van der Waals surface area contributed by atoms with Gasteiger partial charge < -0.3 is 10.8 Å². The zero-order chi connectivity index (χ0) is 10.9. The van der Waals surface area contributed by atoms with Crippen molar-refractivity contribution in [3.05, 3.63) is 23.8 Å². The first-order chi connectivity index (χ1) is 6.32. The Balaban J connectivity index is 3.42. The summed E-state index contributed by atoms with van der Waals surface area (Å²) >= 11 is 0. The van der Waals surface area contributed by atoms with Crippen LogP contribution in [0.15, 0.2) is 23.1 Å². The zero-order valence-electron chi connectivity index (χ0n) is 6.76. The third-order valence-electron chi connectivity index (χ3n) is 1.52. The van der Waals surface area contributed by atoms with Crippen LogP contribution in [-0.4, -0.2) is 24.0 Å². The molecular formula is C7H6NO5S. The molecule has 0 aliphatic heterocycles. The fourth-order valence-corrected chi connectivity index (χ4v) is 1.37. The molecule has 0 aliphatic carbocycles. The minimum Gasteiger partial charge on any atom is -0.478 e. The highest BCUT2D eigenvalue weighted by Crippen LogP contribution is 2.18. The van der Waals surface area contributed by atoms with Gasteiger partial charge in [0.1, 0.15) is 0 Å². The Morgan fingerprint density at radius 1 is 1.36 bits per heavy atom. The molecule has 3 N–H and O–H groups in total. The SMILES string of the molecule is [NH]c1ccc(S(=O)(=O)O)cc1C(=O)O. The van der Waals surface area contributed by atoms with Crippen LogP contribution in [0.2, 0.25) is 0 Å². The Bertz CT molecular complexity index is 479. The molecule has 0 amide bonds. The van der Waals surface area contributed by atoms with Crippen LogP contribution in [-0.2, 0) is 10.1 Å². The molecule has 1 rings (SSSR count). The van der Waals surface area contributed by atoms with E-state index >= 15 is 0 Å². The van der Waals surface area contributed by atoms with Crippen LogP contribution >= 0.6 is 0 Å². The summed E-state index contributed by atoms with van der Waals surface area (Å²) < 4.78 is 29.8. The number of hydrogen-bond acceptors (Lipinski definition) is 3. The van der Waals surface area contributed by atoms with E-state index in [2.05, 4.69) is 0 Å². The van der Waals surface area contributed by atoms with Crippen molar-refractivity contribution < 1.29 is 22.9 Å². The van der Waals surface area contributed by atoms with E-state index in [0.717, 1.165) is 18.2 Å². The summed E-state index contributed by atoms with van der Waals surface area (Å²) in [6.45, 7) is 0. The predicted molar refractivity (Wildman–Crippen MR) is 46.0 cm³/mol. The van der Waals surface area contributed by atoms with Gasteiger partial charge in [0.05, 0.1) is 16.1 Å². The zero-order valence-corrected chi connectivity index (χ0v) is 7.58. The average molecular weight is 216 g/mol. The van der Waals surface area contributed by atoms with Crippen molar-refractivity contribution >= 4 is 21.8 Å². The molecule has 0 bridgehead atoms. The van der Waals surface area contributed by atoms with Crippen LogP contribution in [0.5, 0.6) is 0 Å². The number of aromatic carboxylic acids is 1. The molecule has 0 heterocycles. The molecule has 1 radical (unpaired) electrons. The maximum atomic E-state index is 10.6. The first kappa shape index (κ1) is 10.5. The molecule has 0 spiro atoms. The molecule has 0 unspecified atom stereocenters. The molecule has 0 fully saturated rings. The molecular weight excluding hydrogens is 210 g/mol. The van der Waals surface area contributed by atoms with Gasteiger partial charge in [-0.05, 0) is 18.2 Å². The average Bonchev–Trinajstić information content (AvgIpc) is 2.02. The lowest BCUT2D eigenvalue weighted by molar-refractivity contribution is 0.0697. The number of nitrogens with one attached hydrogen (secondary N) is 1. The van der Waals surface area contributed by atoms with Crippen LogP contribution < -0.4 is 5.73 Å². The van der Waals surface area contributed by atoms with Gasteiger partial charge >= 0.3 is 5.97 Å². The van der Waals surface area contributed by atoms with E-state index in [9.17, 15) is 13.2 Å². The predicted octanol–water partition coefficient (Wildman–Crippen LogP) is 0.546. The first-order valence-corrected chi connectivity index (χ1v) is 4.83. The second-order valence-corrected chi connectivity index (χ2v) is 3.91. The Morgan fingerprint density at radius 2 is 1.93 bits per heavy atom. The Labute approximate surface area is 79.7 Å². The summed E-state index contributed by atoms with van der Waals surface area (Å²) in [7, 11) is -4.42. The van der Waals surface area contributed by atoms with Crippen LogP contribution in [0.4, 0.5) is 5.69 Å². The number of carbonyl (C=O) groups is 1. The molecule has 75 valence electrons. The second-order valence-electron chi connectivity index (χ2n) is 2.49. The quantitative estimate of drug-likeness (QED) is 0.700. The fourth-order valence-electron chi connectivity index (χ4n) is 0.861. The van der Waals surface area contributed by atoms with E-state index in [0.29, 0.717) is 0 Å². The second kappa shape index (κ2) is 3.28. The summed E-state index contributed by atoms with van der Waals surface area (Å²) in [6.07, 6.45) is 0. The van der Waals surface area contributed by atoms with Crippen LogP contribution in [0, 0.1) is 0 Å². The van der Waals surface area contributed by atoms with Crippen LogP contribution in [0.25, 0.3) is 0 Å². The van der Waals surface area contributed by atoms with Gasteiger partial charge in [-0.2, -0.15) is 8.42 Å². The van der Waals surface area contributed by atoms with E-state index in [-0.39, 0.29) is 5.69 Å². The van der Waals surface area contributed by atoms with Gasteiger partial charge in [-0.15, -0.1) is 0 Å². The molecule has 0 aliphatic rings. The number of benzene rings is 1. The largest absolute Gasteiger partial charge is 0.478 e. The molecule has 1 aromatic carbocycles. The Hall–Kier alpha value is -1.60. The van der Waals surface area contributed by atoms with Gasteiger partial charge in [0, 0.05) is 0 Å². The standard InChI is InChI=1S/C7H6NO5S/c8-6-2-1-4(14(11,12)13)3-5(6)7(9)10/h1-3,8H,(H,9,10)(H,11,12,13). The van der Waals surface area contributed by atoms with E-state index in [1.54, 1.807) is 0 Å². The highest BCUT2D eigenvalue weighted by Gasteiger charge is 2.15. The first-order valence-electron chi connectivity index (χ1n) is 3.39. The molecule has 1 aromatic rings. The Kier molecular flexibility index (Phi) is 2.45. The van der Waals surface area contributed by atoms with Gasteiger partial charge in [-0.1, -0.05) is 0 Å². The van der Waals surface area contributed by atoms with E-state index in [1.165, 1.54) is 0 Å². The number of hydrogen-bond donors (Lipinski definition) is 2. The number of carboxylic acid groups (broad SMARTS) is 1. The topological polar surface area (TPSA) is 115 Å². The van der Waals surface area contributed by atoms with Crippen molar-refractivity contribution in [1.29, 1.82) is 0 Å². The van der Waals surface area contributed by atoms with E-state index in [1.807, 2.05) is 0 Å². The minimum absolute atomic E-state index is 0.315. The number of carboxylic acids is 1. The lowest BCUT2D eigenvalue weighted by Crippen LogP contribution is -2.03. The van der Waals surface area contributed by atoms with Crippen LogP contribution in [0.3, 0.4) is 0 Å². The van der Waals surface area contributed by atoms with Gasteiger partial charge in [0.15, 0.2) is 0 Å². The monoisotopic (exact) mass is 216 g/mol. The van der Waals surface area contributed by atoms with Crippen molar-refractivity contribution in [3.8, 4) is 0 Å². The van der Waals surface area contributed by atoms with Crippen molar-refractivity contribution in [2.75, 3.05) is 0 Å². The molecule has 6 nitrogen and oxygen atoms in total. The fraction of sp³-hybridized carbons (Fsp3) is 0. The maximum absolute atomic E-state index is 10.6. The summed E-state index contributed by atoms with van der Waals surface area (Å²) in [6, 6.07) is 2.69. The van der Waals surface area contributed by atoms with Crippen molar-refractivity contribution in [2.45, 2.75) is 4.90 Å². The third kappa shape index (κ3) is 2.01. The highest BCUT2D eigenvalue weighted by atomic mass is 32.2. The molecule has 7 heteroatoms. The van der Waals surface area contributed by atoms with E-state index < -0.39 is 26.5 Å². The van der Waals surface area contributed by atoms with Crippen molar-refractivity contribution in [1.82, 2.24) is 5.73 Å². The molecule has 0 saturated heterocycles. The summed E-state index contributed by atoms with van der Waals surface area (Å²) in [5.74, 6) is -1.42. The number of rotatable bonds is 2. The Morgan fingerprint density at radius 3 is 2.36 bits per heavy atom. The molecule has 0 saturated carbocycles. The summed E-state index contributed by atoms with van der Waals surface area (Å²) in [4.78, 5) is 9.97. The maximum Gasteiger partial charge on any atom is 0.337 e. The van der Waals surface area contributed by atoms with Crippen molar-refractivity contribution in [2.24, 2.45) is 0 Å². The molecule has 14 heavy (non-hydrogen) atoms. The smallest absolute Gasteiger partial charge is 0.337 e. The third-order valence-corrected chi connectivity index (χ3v) is 2.37. The lowest BCUT2D eigenvalue weighted by Gasteiger charge is -2.01. The summed E-state index contributed by atoms with van der Waals surface area (Å²) in [5, 5.41) is 8.56. The van der Waals surface area contributed by atoms with Crippen molar-refractivity contribution in [3.63, 3.8) is 0 Å². The molecule has 0 atom stereocenters. The van der Waals surface area contributed by atoms with Gasteiger partial charge in [-0.25, -0.2) is 4.79 Å². The highest BCUT2D eigenvalue weighted by molar-refractivity contribution is 7.85. The van der Waals surface area contributed by atoms with Gasteiger partial charge in [0.2, 0.25) is 0 Å². The minimum atomic E-state index is -4.42. The molecule has 0 aromatic heterocycles.